The second kappa shape index (κ2) is 5.49. The second-order valence-corrected chi connectivity index (χ2v) is 5.06. The highest BCUT2D eigenvalue weighted by Gasteiger charge is 2.20. The van der Waals surface area contributed by atoms with E-state index in [4.69, 9.17) is 4.74 Å². The quantitative estimate of drug-likeness (QED) is 0.825. The first-order chi connectivity index (χ1) is 9.38. The van der Waals surface area contributed by atoms with Gasteiger partial charge in [-0.3, -0.25) is 0 Å². The molecule has 3 heteroatoms. The van der Waals surface area contributed by atoms with Crippen LogP contribution >= 0.6 is 0 Å². The van der Waals surface area contributed by atoms with Crippen molar-refractivity contribution in [1.82, 2.24) is 5.32 Å². The molecule has 0 aliphatic carbocycles. The van der Waals surface area contributed by atoms with Crippen molar-refractivity contribution < 1.29 is 4.74 Å². The molecule has 0 spiro atoms. The van der Waals surface area contributed by atoms with E-state index in [0.717, 1.165) is 31.0 Å². The Morgan fingerprint density at radius 2 is 2.16 bits per heavy atom. The second-order valence-electron chi connectivity index (χ2n) is 5.06. The van der Waals surface area contributed by atoms with Crippen LogP contribution in [-0.4, -0.2) is 26.2 Å². The first-order valence-corrected chi connectivity index (χ1v) is 6.94. The van der Waals surface area contributed by atoms with Gasteiger partial charge in [-0.1, -0.05) is 30.3 Å². The van der Waals surface area contributed by atoms with Crippen LogP contribution in [0, 0.1) is 0 Å². The fourth-order valence-corrected chi connectivity index (χ4v) is 2.64. The van der Waals surface area contributed by atoms with Gasteiger partial charge in [-0.05, 0) is 37.9 Å². The lowest BCUT2D eigenvalue weighted by atomic mass is 10.1. The molecule has 0 fully saturated rings. The number of nitrogens with one attached hydrogen (secondary N) is 2. The van der Waals surface area contributed by atoms with Gasteiger partial charge < -0.3 is 15.4 Å². The van der Waals surface area contributed by atoms with Crippen molar-refractivity contribution >= 4 is 16.5 Å². The standard InChI is InChI=1S/C16H20N2O/c1-17-10-4-6-13-11-19-16-14-7-3-2-5-12(14)8-9-15(16)18-13/h2-3,5,7-9,13,17-18H,4,6,10-11H2,1H3. The fourth-order valence-electron chi connectivity index (χ4n) is 2.64. The lowest BCUT2D eigenvalue weighted by molar-refractivity contribution is 0.280. The van der Waals surface area contributed by atoms with Crippen LogP contribution in [0.1, 0.15) is 12.8 Å². The average Bonchev–Trinajstić information content (AvgIpc) is 2.47. The molecule has 19 heavy (non-hydrogen) atoms. The van der Waals surface area contributed by atoms with E-state index in [1.54, 1.807) is 0 Å². The molecule has 100 valence electrons. The Morgan fingerprint density at radius 1 is 1.26 bits per heavy atom. The molecule has 0 bridgehead atoms. The smallest absolute Gasteiger partial charge is 0.150 e. The highest BCUT2D eigenvalue weighted by molar-refractivity contribution is 5.93. The molecule has 3 rings (SSSR count). The van der Waals surface area contributed by atoms with Gasteiger partial charge >= 0.3 is 0 Å². The van der Waals surface area contributed by atoms with Crippen molar-refractivity contribution in [3.63, 3.8) is 0 Å². The van der Waals surface area contributed by atoms with Crippen LogP contribution in [0.4, 0.5) is 5.69 Å². The van der Waals surface area contributed by atoms with Crippen molar-refractivity contribution in [1.29, 1.82) is 0 Å². The van der Waals surface area contributed by atoms with E-state index >= 15 is 0 Å². The van der Waals surface area contributed by atoms with Gasteiger partial charge in [-0.2, -0.15) is 0 Å². The Labute approximate surface area is 114 Å². The number of ether oxygens (including phenoxy) is 1. The van der Waals surface area contributed by atoms with Crippen molar-refractivity contribution in [3.8, 4) is 5.75 Å². The third kappa shape index (κ3) is 2.51. The minimum absolute atomic E-state index is 0.419. The molecule has 0 amide bonds. The van der Waals surface area contributed by atoms with Crippen LogP contribution in [0.2, 0.25) is 0 Å². The van der Waals surface area contributed by atoms with Crippen LogP contribution in [0.3, 0.4) is 0 Å². The topological polar surface area (TPSA) is 33.3 Å². The van der Waals surface area contributed by atoms with Crippen molar-refractivity contribution in [3.05, 3.63) is 36.4 Å². The van der Waals surface area contributed by atoms with E-state index in [1.165, 1.54) is 17.2 Å². The number of rotatable bonds is 4. The van der Waals surface area contributed by atoms with Gasteiger partial charge in [0.2, 0.25) is 0 Å². The van der Waals surface area contributed by atoms with Gasteiger partial charge in [0.25, 0.3) is 0 Å². The lowest BCUT2D eigenvalue weighted by Gasteiger charge is -2.28. The summed E-state index contributed by atoms with van der Waals surface area (Å²) >= 11 is 0. The van der Waals surface area contributed by atoms with Crippen LogP contribution in [0.15, 0.2) is 36.4 Å². The fraction of sp³-hybridized carbons (Fsp3) is 0.375. The van der Waals surface area contributed by atoms with Crippen LogP contribution in [-0.2, 0) is 0 Å². The van der Waals surface area contributed by atoms with E-state index in [1.807, 2.05) is 7.05 Å². The van der Waals surface area contributed by atoms with Crippen LogP contribution < -0.4 is 15.4 Å². The summed E-state index contributed by atoms with van der Waals surface area (Å²) in [5, 5.41) is 9.21. The Balaban J connectivity index is 1.80. The normalized spacial score (nSPS) is 17.6. The molecule has 1 heterocycles. The first-order valence-electron chi connectivity index (χ1n) is 6.94. The van der Waals surface area contributed by atoms with Gasteiger partial charge in [0.15, 0.2) is 0 Å². The Hall–Kier alpha value is -1.74. The molecule has 1 aliphatic rings. The van der Waals surface area contributed by atoms with Crippen LogP contribution in [0.25, 0.3) is 10.8 Å². The predicted octanol–water partition coefficient (Wildman–Crippen LogP) is 3.01. The SMILES string of the molecule is CNCCCC1COc2c(ccc3ccccc23)N1. The van der Waals surface area contributed by atoms with Crippen molar-refractivity contribution in [2.75, 3.05) is 25.5 Å². The molecule has 0 radical (unpaired) electrons. The first kappa shape index (κ1) is 12.3. The van der Waals surface area contributed by atoms with Gasteiger partial charge in [0, 0.05) is 5.39 Å². The molecule has 1 atom stereocenters. The van der Waals surface area contributed by atoms with E-state index in [2.05, 4.69) is 47.0 Å². The number of hydrogen-bond donors (Lipinski definition) is 2. The lowest BCUT2D eigenvalue weighted by Crippen LogP contribution is -2.32. The number of benzene rings is 2. The van der Waals surface area contributed by atoms with Gasteiger partial charge in [0.05, 0.1) is 11.7 Å². The van der Waals surface area contributed by atoms with Gasteiger partial charge in [-0.15, -0.1) is 0 Å². The Kier molecular flexibility index (Phi) is 3.56. The zero-order chi connectivity index (χ0) is 13.1. The number of anilines is 1. The average molecular weight is 256 g/mol. The zero-order valence-electron chi connectivity index (χ0n) is 11.3. The maximum absolute atomic E-state index is 6.00. The molecule has 2 N–H and O–H groups in total. The summed E-state index contributed by atoms with van der Waals surface area (Å²) in [7, 11) is 1.99. The summed E-state index contributed by atoms with van der Waals surface area (Å²) in [6.07, 6.45) is 2.30. The maximum Gasteiger partial charge on any atom is 0.150 e. The number of hydrogen-bond acceptors (Lipinski definition) is 3. The van der Waals surface area contributed by atoms with E-state index < -0.39 is 0 Å². The zero-order valence-corrected chi connectivity index (χ0v) is 11.3. The number of fused-ring (bicyclic) bond motifs is 3. The third-order valence-electron chi connectivity index (χ3n) is 3.65. The Bertz CT molecular complexity index is 568. The maximum atomic E-state index is 6.00. The highest BCUT2D eigenvalue weighted by Crippen LogP contribution is 2.36. The van der Waals surface area contributed by atoms with Crippen molar-refractivity contribution in [2.24, 2.45) is 0 Å². The molecule has 0 saturated heterocycles. The monoisotopic (exact) mass is 256 g/mol. The minimum Gasteiger partial charge on any atom is -0.489 e. The van der Waals surface area contributed by atoms with E-state index in [-0.39, 0.29) is 0 Å². The van der Waals surface area contributed by atoms with E-state index in [9.17, 15) is 0 Å². The summed E-state index contributed by atoms with van der Waals surface area (Å²) in [6, 6.07) is 13.1. The highest BCUT2D eigenvalue weighted by atomic mass is 16.5. The molecule has 1 unspecified atom stereocenters. The molecule has 1 aliphatic heterocycles. The summed E-state index contributed by atoms with van der Waals surface area (Å²) in [5.41, 5.74) is 1.12. The van der Waals surface area contributed by atoms with Gasteiger partial charge in [-0.25, -0.2) is 0 Å². The molecule has 2 aromatic rings. The summed E-state index contributed by atoms with van der Waals surface area (Å²) in [5.74, 6) is 1.00. The van der Waals surface area contributed by atoms with Gasteiger partial charge in [0.1, 0.15) is 12.4 Å². The Morgan fingerprint density at radius 3 is 3.05 bits per heavy atom. The molecule has 2 aromatic carbocycles. The third-order valence-corrected chi connectivity index (χ3v) is 3.65. The van der Waals surface area contributed by atoms with Crippen molar-refractivity contribution in [2.45, 2.75) is 18.9 Å². The minimum atomic E-state index is 0.419. The molecule has 3 nitrogen and oxygen atoms in total. The molecular formula is C16H20N2O. The summed E-state index contributed by atoms with van der Waals surface area (Å²) in [4.78, 5) is 0. The summed E-state index contributed by atoms with van der Waals surface area (Å²) < 4.78 is 6.00. The molecule has 0 saturated carbocycles. The van der Waals surface area contributed by atoms with E-state index in [0.29, 0.717) is 6.04 Å². The largest absolute Gasteiger partial charge is 0.489 e. The molecular weight excluding hydrogens is 236 g/mol. The van der Waals surface area contributed by atoms with Crippen LogP contribution in [0.5, 0.6) is 5.75 Å². The molecule has 0 aromatic heterocycles. The summed E-state index contributed by atoms with van der Waals surface area (Å²) in [6.45, 7) is 1.81. The predicted molar refractivity (Wildman–Crippen MR) is 80.0 cm³/mol.